The molecule has 1 fully saturated rings. The minimum absolute atomic E-state index is 0.153. The molecule has 1 aromatic heterocycles. The van der Waals surface area contributed by atoms with Gasteiger partial charge in [-0.2, -0.15) is 0 Å². The lowest BCUT2D eigenvalue weighted by molar-refractivity contribution is -0.125. The highest BCUT2D eigenvalue weighted by Gasteiger charge is 2.20. The number of hydrogen-bond donors (Lipinski definition) is 2. The van der Waals surface area contributed by atoms with Crippen molar-refractivity contribution in [3.63, 3.8) is 0 Å². The topological polar surface area (TPSA) is 54.0 Å². The number of benzene rings is 1. The van der Waals surface area contributed by atoms with Crippen LogP contribution in [-0.2, 0) is 11.3 Å². The van der Waals surface area contributed by atoms with Crippen molar-refractivity contribution in [2.45, 2.75) is 19.4 Å². The number of nitrogens with one attached hydrogen (secondary N) is 2. The van der Waals surface area contributed by atoms with Crippen molar-refractivity contribution < 1.29 is 4.79 Å². The molecule has 6 heteroatoms. The molecule has 0 radical (unpaired) electrons. The van der Waals surface area contributed by atoms with Crippen molar-refractivity contribution in [2.75, 3.05) is 13.1 Å². The smallest absolute Gasteiger partial charge is 0.223 e. The number of fused-ring (bicyclic) bond motifs is 1. The highest BCUT2D eigenvalue weighted by molar-refractivity contribution is 9.10. The molecule has 0 aliphatic carbocycles. The van der Waals surface area contributed by atoms with Gasteiger partial charge in [0.25, 0.3) is 0 Å². The van der Waals surface area contributed by atoms with Crippen molar-refractivity contribution in [1.82, 2.24) is 15.6 Å². The van der Waals surface area contributed by atoms with Crippen molar-refractivity contribution >= 4 is 43.4 Å². The van der Waals surface area contributed by atoms with Crippen LogP contribution in [0, 0.1) is 5.92 Å². The lowest BCUT2D eigenvalue weighted by Gasteiger charge is -2.21. The summed E-state index contributed by atoms with van der Waals surface area (Å²) in [7, 11) is 0. The highest BCUT2D eigenvalue weighted by atomic mass is 79.9. The summed E-state index contributed by atoms with van der Waals surface area (Å²) in [5.41, 5.74) is 0.990. The maximum absolute atomic E-state index is 12.1. The van der Waals surface area contributed by atoms with E-state index in [0.29, 0.717) is 6.54 Å². The highest BCUT2D eigenvalue weighted by Crippen LogP contribution is 2.25. The maximum Gasteiger partial charge on any atom is 0.223 e. The number of thiazole rings is 1. The Bertz CT molecular complexity index is 622. The van der Waals surface area contributed by atoms with Gasteiger partial charge >= 0.3 is 0 Å². The predicted molar refractivity (Wildman–Crippen MR) is 84.8 cm³/mol. The molecule has 1 amide bonds. The number of amides is 1. The number of rotatable bonds is 3. The molecule has 0 atom stereocenters. The maximum atomic E-state index is 12.1. The van der Waals surface area contributed by atoms with E-state index in [0.717, 1.165) is 45.6 Å². The molecule has 0 unspecified atom stereocenters. The van der Waals surface area contributed by atoms with E-state index in [9.17, 15) is 4.79 Å². The van der Waals surface area contributed by atoms with E-state index >= 15 is 0 Å². The minimum atomic E-state index is 0.153. The van der Waals surface area contributed by atoms with Crippen molar-refractivity contribution in [2.24, 2.45) is 5.92 Å². The molecule has 1 aliphatic rings. The molecule has 2 aromatic rings. The molecule has 1 aromatic carbocycles. The monoisotopic (exact) mass is 353 g/mol. The van der Waals surface area contributed by atoms with Crippen LogP contribution in [0.25, 0.3) is 10.2 Å². The largest absolute Gasteiger partial charge is 0.349 e. The fourth-order valence-corrected chi connectivity index (χ4v) is 3.87. The van der Waals surface area contributed by atoms with Crippen LogP contribution in [0.3, 0.4) is 0 Å². The number of carbonyl (C=O) groups excluding carboxylic acids is 1. The van der Waals surface area contributed by atoms with Crippen LogP contribution < -0.4 is 10.6 Å². The summed E-state index contributed by atoms with van der Waals surface area (Å²) >= 11 is 5.09. The fourth-order valence-electron chi connectivity index (χ4n) is 2.41. The van der Waals surface area contributed by atoms with Gasteiger partial charge in [0, 0.05) is 10.4 Å². The molecule has 106 valence electrons. The summed E-state index contributed by atoms with van der Waals surface area (Å²) in [6, 6.07) is 6.04. The van der Waals surface area contributed by atoms with Gasteiger partial charge in [0.15, 0.2) is 0 Å². The second-order valence-electron chi connectivity index (χ2n) is 4.96. The SMILES string of the molecule is O=C(NCc1nc2ccc(Br)cc2s1)C1CCNCC1. The number of aromatic nitrogens is 1. The van der Waals surface area contributed by atoms with Crippen molar-refractivity contribution in [1.29, 1.82) is 0 Å². The van der Waals surface area contributed by atoms with E-state index in [1.54, 1.807) is 11.3 Å². The van der Waals surface area contributed by atoms with E-state index in [1.165, 1.54) is 0 Å². The van der Waals surface area contributed by atoms with E-state index < -0.39 is 0 Å². The van der Waals surface area contributed by atoms with Crippen LogP contribution in [0.4, 0.5) is 0 Å². The quantitative estimate of drug-likeness (QED) is 0.891. The Morgan fingerprint density at radius 2 is 2.25 bits per heavy atom. The molecule has 3 rings (SSSR count). The molecule has 20 heavy (non-hydrogen) atoms. The zero-order chi connectivity index (χ0) is 13.9. The molecule has 0 bridgehead atoms. The summed E-state index contributed by atoms with van der Waals surface area (Å²) < 4.78 is 2.20. The normalized spacial score (nSPS) is 16.4. The van der Waals surface area contributed by atoms with Crippen LogP contribution in [0.15, 0.2) is 22.7 Å². The minimum Gasteiger partial charge on any atom is -0.349 e. The van der Waals surface area contributed by atoms with Crippen molar-refractivity contribution in [3.8, 4) is 0 Å². The third kappa shape index (κ3) is 3.19. The Hall–Kier alpha value is -0.980. The number of hydrogen-bond acceptors (Lipinski definition) is 4. The zero-order valence-corrected chi connectivity index (χ0v) is 13.4. The third-order valence-corrected chi connectivity index (χ3v) is 5.03. The molecule has 2 N–H and O–H groups in total. The van der Waals surface area contributed by atoms with Crippen LogP contribution in [0.2, 0.25) is 0 Å². The van der Waals surface area contributed by atoms with Crippen LogP contribution in [-0.4, -0.2) is 24.0 Å². The molecule has 2 heterocycles. The van der Waals surface area contributed by atoms with Crippen LogP contribution in [0.5, 0.6) is 0 Å². The Balaban J connectivity index is 1.63. The van der Waals surface area contributed by atoms with Gasteiger partial charge < -0.3 is 10.6 Å². The second-order valence-corrected chi connectivity index (χ2v) is 6.99. The first-order valence-electron chi connectivity index (χ1n) is 6.76. The van der Waals surface area contributed by atoms with Crippen molar-refractivity contribution in [3.05, 3.63) is 27.7 Å². The Kier molecular flexibility index (Phi) is 4.33. The Morgan fingerprint density at radius 3 is 3.05 bits per heavy atom. The number of nitrogens with zero attached hydrogens (tertiary/aromatic N) is 1. The fraction of sp³-hybridized carbons (Fsp3) is 0.429. The van der Waals surface area contributed by atoms with Gasteiger partial charge in [0.1, 0.15) is 5.01 Å². The number of piperidine rings is 1. The standard InChI is InChI=1S/C14H16BrN3OS/c15-10-1-2-11-12(7-10)20-13(18-11)8-17-14(19)9-3-5-16-6-4-9/h1-2,7,9,16H,3-6,8H2,(H,17,19). The zero-order valence-electron chi connectivity index (χ0n) is 11.0. The average molecular weight is 354 g/mol. The average Bonchev–Trinajstić information content (AvgIpc) is 2.87. The predicted octanol–water partition coefficient (Wildman–Crippen LogP) is 2.67. The molecular weight excluding hydrogens is 338 g/mol. The van der Waals surface area contributed by atoms with E-state index in [1.807, 2.05) is 12.1 Å². The first kappa shape index (κ1) is 14.0. The first-order chi connectivity index (χ1) is 9.72. The summed E-state index contributed by atoms with van der Waals surface area (Å²) in [5, 5.41) is 7.24. The lowest BCUT2D eigenvalue weighted by atomic mass is 9.97. The molecule has 1 saturated heterocycles. The lowest BCUT2D eigenvalue weighted by Crippen LogP contribution is -2.37. The van der Waals surface area contributed by atoms with Gasteiger partial charge in [-0.3, -0.25) is 4.79 Å². The second kappa shape index (κ2) is 6.20. The molecule has 1 aliphatic heterocycles. The van der Waals surface area contributed by atoms with E-state index in [-0.39, 0.29) is 11.8 Å². The van der Waals surface area contributed by atoms with E-state index in [4.69, 9.17) is 0 Å². The third-order valence-electron chi connectivity index (χ3n) is 3.52. The Labute approximate surface area is 130 Å². The summed E-state index contributed by atoms with van der Waals surface area (Å²) in [6.45, 7) is 2.40. The van der Waals surface area contributed by atoms with Crippen LogP contribution in [0.1, 0.15) is 17.8 Å². The molecule has 0 spiro atoms. The van der Waals surface area contributed by atoms with Gasteiger partial charge in [0.2, 0.25) is 5.91 Å². The van der Waals surface area contributed by atoms with Gasteiger partial charge in [0.05, 0.1) is 16.8 Å². The summed E-state index contributed by atoms with van der Waals surface area (Å²) in [5.74, 6) is 0.312. The number of halogens is 1. The van der Waals surface area contributed by atoms with Gasteiger partial charge in [-0.15, -0.1) is 11.3 Å². The number of carbonyl (C=O) groups is 1. The summed E-state index contributed by atoms with van der Waals surface area (Å²) in [6.07, 6.45) is 1.86. The van der Waals surface area contributed by atoms with Crippen LogP contribution >= 0.6 is 27.3 Å². The first-order valence-corrected chi connectivity index (χ1v) is 8.37. The Morgan fingerprint density at radius 1 is 1.45 bits per heavy atom. The van der Waals surface area contributed by atoms with Gasteiger partial charge in [-0.1, -0.05) is 15.9 Å². The summed E-state index contributed by atoms with van der Waals surface area (Å²) in [4.78, 5) is 16.6. The van der Waals surface area contributed by atoms with E-state index in [2.05, 4.69) is 37.6 Å². The molecule has 4 nitrogen and oxygen atoms in total. The molecular formula is C14H16BrN3OS. The molecule has 0 saturated carbocycles. The van der Waals surface area contributed by atoms with Gasteiger partial charge in [-0.25, -0.2) is 4.98 Å². The van der Waals surface area contributed by atoms with Gasteiger partial charge in [-0.05, 0) is 44.1 Å².